The minimum absolute atomic E-state index is 0.146. The highest BCUT2D eigenvalue weighted by atomic mass is 79.9. The maximum atomic E-state index is 12.4. The number of nitrogens with one attached hydrogen (secondary N) is 1. The fourth-order valence-electron chi connectivity index (χ4n) is 2.83. The van der Waals surface area contributed by atoms with Crippen LogP contribution in [0, 0.1) is 0 Å². The van der Waals surface area contributed by atoms with E-state index in [0.29, 0.717) is 12.4 Å². The Morgan fingerprint density at radius 2 is 2.30 bits per heavy atom. The highest BCUT2D eigenvalue weighted by molar-refractivity contribution is 9.11. The van der Waals surface area contributed by atoms with Crippen LogP contribution >= 0.6 is 27.3 Å². The lowest BCUT2D eigenvalue weighted by molar-refractivity contribution is -0.116. The lowest BCUT2D eigenvalue weighted by Crippen LogP contribution is -2.31. The van der Waals surface area contributed by atoms with E-state index in [1.807, 2.05) is 12.1 Å². The van der Waals surface area contributed by atoms with Gasteiger partial charge in [0.05, 0.1) is 3.79 Å². The van der Waals surface area contributed by atoms with Crippen LogP contribution in [0.1, 0.15) is 30.2 Å². The number of Topliss-reactive ketones (excluding diaryl/α,β-unsaturated/α-hetero) is 1. The van der Waals surface area contributed by atoms with Crippen LogP contribution < -0.4 is 5.32 Å². The van der Waals surface area contributed by atoms with E-state index in [9.17, 15) is 4.79 Å². The first-order valence-corrected chi connectivity index (χ1v) is 8.03. The van der Waals surface area contributed by atoms with Crippen LogP contribution in [0.4, 0.5) is 5.95 Å². The van der Waals surface area contributed by atoms with E-state index in [1.54, 1.807) is 16.0 Å². The molecule has 0 saturated heterocycles. The van der Waals surface area contributed by atoms with Crippen LogP contribution in [-0.2, 0) is 4.79 Å². The van der Waals surface area contributed by atoms with E-state index in [-0.39, 0.29) is 11.8 Å². The second-order valence-electron chi connectivity index (χ2n) is 4.87. The topological polar surface area (TPSA) is 59.8 Å². The molecule has 2 aromatic heterocycles. The first kappa shape index (κ1) is 12.3. The molecular weight excluding hydrogens is 340 g/mol. The van der Waals surface area contributed by atoms with Gasteiger partial charge in [-0.25, -0.2) is 4.68 Å². The molecule has 20 heavy (non-hydrogen) atoms. The third-order valence-electron chi connectivity index (χ3n) is 3.67. The van der Waals surface area contributed by atoms with Crippen LogP contribution in [0.25, 0.3) is 0 Å². The Kier molecular flexibility index (Phi) is 2.78. The lowest BCUT2D eigenvalue weighted by Gasteiger charge is -2.31. The van der Waals surface area contributed by atoms with Gasteiger partial charge in [-0.05, 0) is 40.9 Å². The summed E-state index contributed by atoms with van der Waals surface area (Å²) in [7, 11) is 0. The molecule has 3 heterocycles. The van der Waals surface area contributed by atoms with Gasteiger partial charge < -0.3 is 5.32 Å². The molecule has 2 aromatic rings. The van der Waals surface area contributed by atoms with Gasteiger partial charge in [-0.3, -0.25) is 4.79 Å². The van der Waals surface area contributed by atoms with Gasteiger partial charge in [0.15, 0.2) is 5.78 Å². The van der Waals surface area contributed by atoms with E-state index >= 15 is 0 Å². The van der Waals surface area contributed by atoms with Gasteiger partial charge in [-0.1, -0.05) is 0 Å². The van der Waals surface area contributed by atoms with Crippen LogP contribution in [0.15, 0.2) is 33.5 Å². The summed E-state index contributed by atoms with van der Waals surface area (Å²) in [5.74, 6) is 0.933. The first-order valence-electron chi connectivity index (χ1n) is 6.42. The molecule has 5 nitrogen and oxygen atoms in total. The quantitative estimate of drug-likeness (QED) is 0.858. The number of carbonyl (C=O) groups is 1. The summed E-state index contributed by atoms with van der Waals surface area (Å²) in [6, 6.07) is 3.90. The molecule has 1 aliphatic heterocycles. The van der Waals surface area contributed by atoms with Crippen molar-refractivity contribution in [2.75, 3.05) is 5.32 Å². The van der Waals surface area contributed by atoms with Crippen molar-refractivity contribution in [3.8, 4) is 0 Å². The van der Waals surface area contributed by atoms with Gasteiger partial charge in [-0.15, -0.1) is 11.3 Å². The molecule has 1 unspecified atom stereocenters. The van der Waals surface area contributed by atoms with Crippen LogP contribution in [0.2, 0.25) is 0 Å². The number of hydrogen-bond acceptors (Lipinski definition) is 5. The summed E-state index contributed by atoms with van der Waals surface area (Å²) in [6.07, 6.45) is 3.95. The highest BCUT2D eigenvalue weighted by Crippen LogP contribution is 2.42. The first-order chi connectivity index (χ1) is 9.74. The smallest absolute Gasteiger partial charge is 0.226 e. The Morgan fingerprint density at radius 1 is 1.40 bits per heavy atom. The number of anilines is 1. The predicted molar refractivity (Wildman–Crippen MR) is 79.7 cm³/mol. The van der Waals surface area contributed by atoms with Crippen molar-refractivity contribution in [3.05, 3.63) is 38.4 Å². The largest absolute Gasteiger partial charge is 0.328 e. The maximum absolute atomic E-state index is 12.4. The van der Waals surface area contributed by atoms with Crippen molar-refractivity contribution in [1.82, 2.24) is 14.8 Å². The standard InChI is InChI=1S/C13H11BrN4OS/c14-10-5-4-9(20-10)12-11-7(2-1-3-8(11)19)17-13-15-6-16-18(12)13/h4-6,12H,1-3H2,(H,15,16,17). The number of allylic oxidation sites excluding steroid dienone is 2. The Labute approximate surface area is 127 Å². The molecule has 7 heteroatoms. The van der Waals surface area contributed by atoms with E-state index < -0.39 is 0 Å². The fraction of sp³-hybridized carbons (Fsp3) is 0.308. The van der Waals surface area contributed by atoms with Gasteiger partial charge >= 0.3 is 0 Å². The van der Waals surface area contributed by atoms with Crippen molar-refractivity contribution >= 4 is 39.0 Å². The zero-order valence-corrected chi connectivity index (χ0v) is 12.9. The minimum atomic E-state index is -0.146. The zero-order chi connectivity index (χ0) is 13.7. The average molecular weight is 351 g/mol. The molecule has 0 spiro atoms. The Bertz CT molecular complexity index is 732. The van der Waals surface area contributed by atoms with Gasteiger partial charge in [0, 0.05) is 22.6 Å². The number of rotatable bonds is 1. The molecule has 1 aliphatic carbocycles. The second kappa shape index (κ2) is 4.53. The predicted octanol–water partition coefficient (Wildman–Crippen LogP) is 3.12. The molecule has 1 N–H and O–H groups in total. The van der Waals surface area contributed by atoms with Gasteiger partial charge in [0.1, 0.15) is 12.4 Å². The number of thiophene rings is 1. The molecule has 0 amide bonds. The van der Waals surface area contributed by atoms with Gasteiger partial charge in [0.25, 0.3) is 0 Å². The third kappa shape index (κ3) is 1.76. The summed E-state index contributed by atoms with van der Waals surface area (Å²) >= 11 is 5.12. The minimum Gasteiger partial charge on any atom is -0.328 e. The van der Waals surface area contributed by atoms with Crippen molar-refractivity contribution in [2.45, 2.75) is 25.3 Å². The Hall–Kier alpha value is -1.47. The summed E-state index contributed by atoms with van der Waals surface area (Å²) in [5, 5.41) is 7.55. The molecule has 0 bridgehead atoms. The van der Waals surface area contributed by atoms with Crippen molar-refractivity contribution in [3.63, 3.8) is 0 Å². The molecule has 2 aliphatic rings. The van der Waals surface area contributed by atoms with Crippen molar-refractivity contribution in [1.29, 1.82) is 0 Å². The molecule has 0 saturated carbocycles. The average Bonchev–Trinajstić information content (AvgIpc) is 3.05. The highest BCUT2D eigenvalue weighted by Gasteiger charge is 2.36. The van der Waals surface area contributed by atoms with Crippen LogP contribution in [-0.4, -0.2) is 20.5 Å². The number of halogens is 1. The van der Waals surface area contributed by atoms with Gasteiger partial charge in [-0.2, -0.15) is 10.1 Å². The zero-order valence-electron chi connectivity index (χ0n) is 10.5. The molecular formula is C13H11BrN4OS. The second-order valence-corrected chi connectivity index (χ2v) is 7.36. The Balaban J connectivity index is 1.92. The summed E-state index contributed by atoms with van der Waals surface area (Å²) in [5.41, 5.74) is 1.86. The van der Waals surface area contributed by atoms with E-state index in [4.69, 9.17) is 0 Å². The van der Waals surface area contributed by atoms with Gasteiger partial charge in [0.2, 0.25) is 5.95 Å². The van der Waals surface area contributed by atoms with Crippen LogP contribution in [0.5, 0.6) is 0 Å². The number of fused-ring (bicyclic) bond motifs is 1. The summed E-state index contributed by atoms with van der Waals surface area (Å²) < 4.78 is 2.86. The number of ketones is 1. The maximum Gasteiger partial charge on any atom is 0.226 e. The van der Waals surface area contributed by atoms with Crippen molar-refractivity contribution in [2.24, 2.45) is 0 Å². The van der Waals surface area contributed by atoms with E-state index in [0.717, 1.165) is 32.8 Å². The Morgan fingerprint density at radius 3 is 3.10 bits per heavy atom. The molecule has 4 rings (SSSR count). The number of hydrogen-bond donors (Lipinski definition) is 1. The van der Waals surface area contributed by atoms with Crippen molar-refractivity contribution < 1.29 is 4.79 Å². The number of aromatic nitrogens is 3. The monoisotopic (exact) mass is 350 g/mol. The van der Waals surface area contributed by atoms with E-state index in [2.05, 4.69) is 31.3 Å². The molecule has 0 aromatic carbocycles. The molecule has 0 radical (unpaired) electrons. The molecule has 0 fully saturated rings. The summed E-state index contributed by atoms with van der Waals surface area (Å²) in [6.45, 7) is 0. The summed E-state index contributed by atoms with van der Waals surface area (Å²) in [4.78, 5) is 17.7. The third-order valence-corrected chi connectivity index (χ3v) is 5.35. The van der Waals surface area contributed by atoms with Crippen LogP contribution in [0.3, 0.4) is 0 Å². The molecule has 102 valence electrons. The molecule has 1 atom stereocenters. The normalized spacial score (nSPS) is 21.4. The SMILES string of the molecule is O=C1CCCC2=C1C(c1ccc(Br)s1)n1ncnc1N2. The lowest BCUT2D eigenvalue weighted by atomic mass is 9.88. The van der Waals surface area contributed by atoms with E-state index in [1.165, 1.54) is 6.33 Å². The fourth-order valence-corrected chi connectivity index (χ4v) is 4.35. The number of nitrogens with zero attached hydrogens (tertiary/aromatic N) is 3. The number of carbonyl (C=O) groups excluding carboxylic acids is 1.